The summed E-state index contributed by atoms with van der Waals surface area (Å²) in [5.74, 6) is 3.15. The monoisotopic (exact) mass is 269 g/mol. The van der Waals surface area contributed by atoms with E-state index in [4.69, 9.17) is 0 Å². The van der Waals surface area contributed by atoms with Crippen molar-refractivity contribution in [1.82, 2.24) is 10.6 Å². The molecule has 0 amide bonds. The van der Waals surface area contributed by atoms with Crippen LogP contribution in [0.15, 0.2) is 4.99 Å². The molecular weight excluding hydrogens is 242 g/mol. The fourth-order valence-electron chi connectivity index (χ4n) is 2.92. The summed E-state index contributed by atoms with van der Waals surface area (Å²) in [6, 6.07) is 0. The first kappa shape index (κ1) is 14.0. The van der Waals surface area contributed by atoms with Crippen LogP contribution < -0.4 is 10.6 Å². The molecule has 1 heterocycles. The van der Waals surface area contributed by atoms with E-state index in [0.717, 1.165) is 25.0 Å². The molecule has 0 aromatic heterocycles. The summed E-state index contributed by atoms with van der Waals surface area (Å²) in [4.78, 5) is 4.33. The van der Waals surface area contributed by atoms with Crippen molar-refractivity contribution in [3.05, 3.63) is 0 Å². The van der Waals surface area contributed by atoms with Crippen LogP contribution in [-0.2, 0) is 0 Å². The summed E-state index contributed by atoms with van der Waals surface area (Å²) in [5.41, 5.74) is 0. The average Bonchev–Trinajstić information content (AvgIpc) is 3.01. The van der Waals surface area contributed by atoms with Crippen molar-refractivity contribution >= 4 is 17.7 Å². The Kier molecular flexibility index (Phi) is 5.22. The molecule has 0 spiro atoms. The molecule has 1 unspecified atom stereocenters. The van der Waals surface area contributed by atoms with Crippen LogP contribution in [0.5, 0.6) is 0 Å². The Hall–Kier alpha value is -0.380. The Bertz CT molecular complexity index is 279. The highest BCUT2D eigenvalue weighted by molar-refractivity contribution is 8.00. The van der Waals surface area contributed by atoms with E-state index in [1.165, 1.54) is 44.3 Å². The van der Waals surface area contributed by atoms with Gasteiger partial charge >= 0.3 is 0 Å². The lowest BCUT2D eigenvalue weighted by Crippen LogP contribution is -2.44. The molecule has 2 aliphatic rings. The number of aliphatic imine (C=N–C) groups is 1. The van der Waals surface area contributed by atoms with E-state index in [-0.39, 0.29) is 0 Å². The molecule has 1 aliphatic heterocycles. The van der Waals surface area contributed by atoms with Crippen LogP contribution in [0.3, 0.4) is 0 Å². The number of hydrogen-bond donors (Lipinski definition) is 2. The number of nitrogens with one attached hydrogen (secondary N) is 2. The maximum absolute atomic E-state index is 4.33. The Labute approximate surface area is 116 Å². The van der Waals surface area contributed by atoms with Crippen molar-refractivity contribution in [2.45, 2.75) is 50.2 Å². The first-order valence-electron chi connectivity index (χ1n) is 7.30. The normalized spacial score (nSPS) is 29.8. The highest BCUT2D eigenvalue weighted by Gasteiger charge is 2.29. The second kappa shape index (κ2) is 6.69. The Balaban J connectivity index is 1.68. The van der Waals surface area contributed by atoms with Crippen LogP contribution in [0.1, 0.15) is 45.4 Å². The zero-order valence-corrected chi connectivity index (χ0v) is 12.6. The molecule has 2 fully saturated rings. The molecule has 1 aliphatic carbocycles. The van der Waals surface area contributed by atoms with Crippen LogP contribution in [0.25, 0.3) is 0 Å². The minimum atomic E-state index is 0.408. The zero-order valence-electron chi connectivity index (χ0n) is 11.8. The van der Waals surface area contributed by atoms with Crippen molar-refractivity contribution in [3.63, 3.8) is 0 Å². The summed E-state index contributed by atoms with van der Waals surface area (Å²) in [7, 11) is 1.87. The molecule has 0 aromatic carbocycles. The van der Waals surface area contributed by atoms with Gasteiger partial charge in [-0.3, -0.25) is 4.99 Å². The first-order valence-corrected chi connectivity index (χ1v) is 8.29. The highest BCUT2D eigenvalue weighted by Crippen LogP contribution is 2.36. The van der Waals surface area contributed by atoms with Crippen molar-refractivity contribution in [3.8, 4) is 0 Å². The molecule has 1 atom stereocenters. The van der Waals surface area contributed by atoms with Crippen LogP contribution in [-0.4, -0.2) is 36.6 Å². The molecule has 2 N–H and O–H groups in total. The SMILES string of the molecule is CN=C(NCC1CCCC1)NCC1(C)CCCS1. The second-order valence-corrected chi connectivity index (χ2v) is 7.54. The third-order valence-electron chi connectivity index (χ3n) is 4.19. The molecule has 1 saturated heterocycles. The molecule has 0 bridgehead atoms. The third kappa shape index (κ3) is 4.08. The van der Waals surface area contributed by atoms with Gasteiger partial charge in [-0.1, -0.05) is 12.8 Å². The molecule has 3 nitrogen and oxygen atoms in total. The molecule has 0 radical (unpaired) electrons. The van der Waals surface area contributed by atoms with E-state index in [2.05, 4.69) is 34.3 Å². The molecule has 0 aromatic rings. The predicted molar refractivity (Wildman–Crippen MR) is 81.4 cm³/mol. The van der Waals surface area contributed by atoms with Crippen LogP contribution in [0.2, 0.25) is 0 Å². The van der Waals surface area contributed by atoms with E-state index in [9.17, 15) is 0 Å². The van der Waals surface area contributed by atoms with Gasteiger partial charge in [-0.05, 0) is 44.3 Å². The van der Waals surface area contributed by atoms with E-state index >= 15 is 0 Å². The van der Waals surface area contributed by atoms with E-state index in [0.29, 0.717) is 4.75 Å². The Morgan fingerprint density at radius 3 is 2.67 bits per heavy atom. The Morgan fingerprint density at radius 2 is 2.06 bits per heavy atom. The van der Waals surface area contributed by atoms with E-state index in [1.807, 2.05) is 7.05 Å². The summed E-state index contributed by atoms with van der Waals surface area (Å²) in [6.07, 6.45) is 8.27. The fourth-order valence-corrected chi connectivity index (χ4v) is 4.17. The zero-order chi connectivity index (χ0) is 12.8. The van der Waals surface area contributed by atoms with Gasteiger partial charge in [0.25, 0.3) is 0 Å². The van der Waals surface area contributed by atoms with Gasteiger partial charge in [0.05, 0.1) is 0 Å². The maximum atomic E-state index is 4.33. The van der Waals surface area contributed by atoms with Gasteiger partial charge in [0, 0.05) is 24.9 Å². The lowest BCUT2D eigenvalue weighted by atomic mass is 10.1. The van der Waals surface area contributed by atoms with Gasteiger partial charge in [-0.25, -0.2) is 0 Å². The van der Waals surface area contributed by atoms with E-state index in [1.54, 1.807) is 0 Å². The quantitative estimate of drug-likeness (QED) is 0.608. The molecule has 2 rings (SSSR count). The number of nitrogens with zero attached hydrogens (tertiary/aromatic N) is 1. The summed E-state index contributed by atoms with van der Waals surface area (Å²) < 4.78 is 0.408. The van der Waals surface area contributed by atoms with E-state index < -0.39 is 0 Å². The summed E-state index contributed by atoms with van der Waals surface area (Å²) >= 11 is 2.10. The number of rotatable bonds is 4. The van der Waals surface area contributed by atoms with Crippen molar-refractivity contribution < 1.29 is 0 Å². The minimum absolute atomic E-state index is 0.408. The number of hydrogen-bond acceptors (Lipinski definition) is 2. The summed E-state index contributed by atoms with van der Waals surface area (Å²) in [6.45, 7) is 4.48. The molecular formula is C14H27N3S. The fraction of sp³-hybridized carbons (Fsp3) is 0.929. The van der Waals surface area contributed by atoms with Crippen molar-refractivity contribution in [2.24, 2.45) is 10.9 Å². The summed E-state index contributed by atoms with van der Waals surface area (Å²) in [5, 5.41) is 6.98. The van der Waals surface area contributed by atoms with Gasteiger partial charge in [-0.2, -0.15) is 11.8 Å². The van der Waals surface area contributed by atoms with Crippen LogP contribution in [0, 0.1) is 5.92 Å². The van der Waals surface area contributed by atoms with Gasteiger partial charge in [0.15, 0.2) is 5.96 Å². The minimum Gasteiger partial charge on any atom is -0.356 e. The third-order valence-corrected chi connectivity index (χ3v) is 5.72. The largest absolute Gasteiger partial charge is 0.356 e. The Morgan fingerprint density at radius 1 is 1.28 bits per heavy atom. The molecule has 4 heteroatoms. The van der Waals surface area contributed by atoms with Gasteiger partial charge in [0.2, 0.25) is 0 Å². The second-order valence-electron chi connectivity index (χ2n) is 5.86. The van der Waals surface area contributed by atoms with Crippen LogP contribution in [0.4, 0.5) is 0 Å². The van der Waals surface area contributed by atoms with Gasteiger partial charge < -0.3 is 10.6 Å². The predicted octanol–water partition coefficient (Wildman–Crippen LogP) is 2.63. The van der Waals surface area contributed by atoms with Crippen LogP contribution >= 0.6 is 11.8 Å². The van der Waals surface area contributed by atoms with Crippen molar-refractivity contribution in [2.75, 3.05) is 25.9 Å². The standard InChI is InChI=1S/C14H27N3S/c1-14(8-5-9-18-14)11-17-13(15-2)16-10-12-6-3-4-7-12/h12H,3-11H2,1-2H3,(H2,15,16,17). The smallest absolute Gasteiger partial charge is 0.191 e. The molecule has 1 saturated carbocycles. The lowest BCUT2D eigenvalue weighted by Gasteiger charge is -2.24. The average molecular weight is 269 g/mol. The lowest BCUT2D eigenvalue weighted by molar-refractivity contribution is 0.525. The highest BCUT2D eigenvalue weighted by atomic mass is 32.2. The number of guanidine groups is 1. The van der Waals surface area contributed by atoms with Gasteiger partial charge in [-0.15, -0.1) is 0 Å². The maximum Gasteiger partial charge on any atom is 0.191 e. The topological polar surface area (TPSA) is 36.4 Å². The number of thioether (sulfide) groups is 1. The molecule has 18 heavy (non-hydrogen) atoms. The first-order chi connectivity index (χ1) is 8.72. The van der Waals surface area contributed by atoms with Gasteiger partial charge in [0.1, 0.15) is 0 Å². The molecule has 104 valence electrons. The van der Waals surface area contributed by atoms with Crippen molar-refractivity contribution in [1.29, 1.82) is 0 Å².